The van der Waals surface area contributed by atoms with E-state index in [0.717, 1.165) is 0 Å². The predicted molar refractivity (Wildman–Crippen MR) is 149 cm³/mol. The molecule has 0 spiro atoms. The predicted octanol–water partition coefficient (Wildman–Crippen LogP) is 5.60. The number of hydrogen-bond donors (Lipinski definition) is 2. The number of carbonyl (C=O) groups is 3. The van der Waals surface area contributed by atoms with Gasteiger partial charge in [0.15, 0.2) is 5.78 Å². The van der Waals surface area contributed by atoms with Gasteiger partial charge in [-0.15, -0.1) is 0 Å². The molecule has 196 valence electrons. The number of rotatable bonds is 10. The summed E-state index contributed by atoms with van der Waals surface area (Å²) in [5.41, 5.74) is 1.82. The average Bonchev–Trinajstić information content (AvgIpc) is 3.50. The van der Waals surface area contributed by atoms with Gasteiger partial charge in [-0.3, -0.25) is 14.4 Å². The van der Waals surface area contributed by atoms with E-state index < -0.39 is 11.8 Å². The summed E-state index contributed by atoms with van der Waals surface area (Å²) < 4.78 is 15.9. The molecule has 0 aliphatic carbocycles. The smallest absolute Gasteiger partial charge is 0.272 e. The van der Waals surface area contributed by atoms with Gasteiger partial charge in [0.2, 0.25) is 0 Å². The van der Waals surface area contributed by atoms with Crippen LogP contribution in [0.1, 0.15) is 32.0 Å². The summed E-state index contributed by atoms with van der Waals surface area (Å²) in [7, 11) is 3.04. The molecule has 3 aromatic carbocycles. The molecule has 0 saturated carbocycles. The number of allylic oxidation sites excluding steroid dienone is 1. The number of carbonyl (C=O) groups excluding carboxylic acids is 3. The molecular formula is C31H26N2O6. The first-order valence-corrected chi connectivity index (χ1v) is 11.9. The molecule has 2 N–H and O–H groups in total. The Morgan fingerprint density at radius 1 is 0.821 bits per heavy atom. The molecule has 8 nitrogen and oxygen atoms in total. The van der Waals surface area contributed by atoms with Gasteiger partial charge >= 0.3 is 0 Å². The highest BCUT2D eigenvalue weighted by Gasteiger charge is 2.17. The molecule has 0 radical (unpaired) electrons. The van der Waals surface area contributed by atoms with E-state index in [1.54, 1.807) is 91.0 Å². The van der Waals surface area contributed by atoms with Gasteiger partial charge in [0.05, 0.1) is 20.5 Å². The van der Waals surface area contributed by atoms with Crippen molar-refractivity contribution in [1.29, 1.82) is 0 Å². The van der Waals surface area contributed by atoms with Crippen molar-refractivity contribution in [3.8, 4) is 11.5 Å². The second kappa shape index (κ2) is 12.7. The Balaban J connectivity index is 1.56. The molecule has 8 heteroatoms. The molecule has 0 atom stereocenters. The fraction of sp³-hybridized carbons (Fsp3) is 0.0645. The van der Waals surface area contributed by atoms with Crippen LogP contribution >= 0.6 is 0 Å². The first kappa shape index (κ1) is 26.7. The second-order valence-corrected chi connectivity index (χ2v) is 8.23. The van der Waals surface area contributed by atoms with Crippen LogP contribution in [0, 0.1) is 0 Å². The number of anilines is 1. The van der Waals surface area contributed by atoms with Gasteiger partial charge in [0.1, 0.15) is 23.0 Å². The fourth-order valence-electron chi connectivity index (χ4n) is 3.59. The maximum atomic E-state index is 13.3. The zero-order valence-electron chi connectivity index (χ0n) is 21.3. The van der Waals surface area contributed by atoms with Crippen LogP contribution in [0.25, 0.3) is 12.2 Å². The van der Waals surface area contributed by atoms with E-state index in [0.29, 0.717) is 39.6 Å². The number of methoxy groups -OCH3 is 2. The monoisotopic (exact) mass is 522 g/mol. The number of benzene rings is 3. The third-order valence-electron chi connectivity index (χ3n) is 5.64. The highest BCUT2D eigenvalue weighted by atomic mass is 16.5. The van der Waals surface area contributed by atoms with Gasteiger partial charge in [0, 0.05) is 28.4 Å². The summed E-state index contributed by atoms with van der Waals surface area (Å²) in [4.78, 5) is 38.7. The molecule has 1 heterocycles. The van der Waals surface area contributed by atoms with E-state index in [1.165, 1.54) is 32.6 Å². The zero-order valence-corrected chi connectivity index (χ0v) is 21.3. The van der Waals surface area contributed by atoms with Crippen molar-refractivity contribution in [3.05, 3.63) is 125 Å². The Labute approximate surface area is 225 Å². The van der Waals surface area contributed by atoms with E-state index in [2.05, 4.69) is 10.6 Å². The van der Waals surface area contributed by atoms with E-state index in [-0.39, 0.29) is 11.5 Å². The van der Waals surface area contributed by atoms with Crippen molar-refractivity contribution in [3.63, 3.8) is 0 Å². The van der Waals surface area contributed by atoms with Crippen LogP contribution in [0.2, 0.25) is 0 Å². The van der Waals surface area contributed by atoms with Crippen LogP contribution in [-0.2, 0) is 4.79 Å². The largest absolute Gasteiger partial charge is 0.497 e. The first-order valence-electron chi connectivity index (χ1n) is 11.9. The summed E-state index contributed by atoms with van der Waals surface area (Å²) in [5.74, 6) is 0.378. The highest BCUT2D eigenvalue weighted by molar-refractivity contribution is 6.11. The van der Waals surface area contributed by atoms with Crippen LogP contribution in [0.4, 0.5) is 5.69 Å². The van der Waals surface area contributed by atoms with Crippen molar-refractivity contribution in [1.82, 2.24) is 5.32 Å². The third kappa shape index (κ3) is 7.11. The Bertz CT molecular complexity index is 1500. The lowest BCUT2D eigenvalue weighted by atomic mass is 10.1. The molecule has 39 heavy (non-hydrogen) atoms. The quantitative estimate of drug-likeness (QED) is 0.207. The normalized spacial score (nSPS) is 11.2. The number of furan rings is 1. The number of ether oxygens (including phenoxy) is 2. The maximum absolute atomic E-state index is 13.3. The molecule has 2 amide bonds. The van der Waals surface area contributed by atoms with Crippen molar-refractivity contribution >= 4 is 35.4 Å². The van der Waals surface area contributed by atoms with E-state index >= 15 is 0 Å². The molecular weight excluding hydrogens is 496 g/mol. The van der Waals surface area contributed by atoms with Crippen molar-refractivity contribution in [2.45, 2.75) is 0 Å². The maximum Gasteiger partial charge on any atom is 0.272 e. The lowest BCUT2D eigenvalue weighted by Crippen LogP contribution is -2.30. The number of hydrogen-bond acceptors (Lipinski definition) is 6. The molecule has 0 fully saturated rings. The van der Waals surface area contributed by atoms with E-state index in [9.17, 15) is 14.4 Å². The molecule has 0 unspecified atom stereocenters. The molecule has 0 aliphatic rings. The highest BCUT2D eigenvalue weighted by Crippen LogP contribution is 2.26. The molecule has 1 aromatic heterocycles. The van der Waals surface area contributed by atoms with Gasteiger partial charge in [-0.05, 0) is 78.9 Å². The van der Waals surface area contributed by atoms with Gasteiger partial charge in [-0.2, -0.15) is 0 Å². The Morgan fingerprint density at radius 2 is 1.59 bits per heavy atom. The van der Waals surface area contributed by atoms with Crippen molar-refractivity contribution < 1.29 is 28.3 Å². The van der Waals surface area contributed by atoms with Crippen molar-refractivity contribution in [2.75, 3.05) is 19.5 Å². The van der Waals surface area contributed by atoms with Crippen LogP contribution < -0.4 is 20.1 Å². The minimum Gasteiger partial charge on any atom is -0.497 e. The lowest BCUT2D eigenvalue weighted by molar-refractivity contribution is -0.113. The number of nitrogens with one attached hydrogen (secondary N) is 2. The molecule has 0 bridgehead atoms. The molecule has 4 rings (SSSR count). The van der Waals surface area contributed by atoms with Gasteiger partial charge < -0.3 is 24.5 Å². The van der Waals surface area contributed by atoms with Gasteiger partial charge in [-0.25, -0.2) is 0 Å². The standard InChI is InChI=1S/C31H26N2O6/c1-37-26-15-12-23(29(20-26)38-2)19-27(33-30(35)22-7-4-3-5-8-22)31(36)32-24-13-10-21(11-14-24)28(34)17-16-25-9-6-18-39-25/h3-20H,1-2H3,(H,32,36)(H,33,35)/b17-16+,27-19-. The summed E-state index contributed by atoms with van der Waals surface area (Å²) in [6, 6.07) is 23.6. The minimum absolute atomic E-state index is 0.00569. The van der Waals surface area contributed by atoms with Crippen LogP contribution in [0.3, 0.4) is 0 Å². The Hall–Kier alpha value is -5.37. The van der Waals surface area contributed by atoms with Crippen LogP contribution in [-0.4, -0.2) is 31.8 Å². The third-order valence-corrected chi connectivity index (χ3v) is 5.64. The van der Waals surface area contributed by atoms with Gasteiger partial charge in [-0.1, -0.05) is 18.2 Å². The zero-order chi connectivity index (χ0) is 27.6. The second-order valence-electron chi connectivity index (χ2n) is 8.23. The Kier molecular flexibility index (Phi) is 8.71. The Morgan fingerprint density at radius 3 is 2.26 bits per heavy atom. The SMILES string of the molecule is COc1ccc(/C=C(\NC(=O)c2ccccc2)C(=O)Nc2ccc(C(=O)/C=C/c3ccco3)cc2)c(OC)c1. The summed E-state index contributed by atoms with van der Waals surface area (Å²) in [6.07, 6.45) is 6.04. The first-order chi connectivity index (χ1) is 19.0. The van der Waals surface area contributed by atoms with Crippen LogP contribution in [0.15, 0.2) is 107 Å². The molecule has 0 saturated heterocycles. The van der Waals surface area contributed by atoms with Crippen LogP contribution in [0.5, 0.6) is 11.5 Å². The topological polar surface area (TPSA) is 107 Å². The molecule has 0 aliphatic heterocycles. The van der Waals surface area contributed by atoms with Crippen molar-refractivity contribution in [2.24, 2.45) is 0 Å². The number of amides is 2. The average molecular weight is 523 g/mol. The minimum atomic E-state index is -0.561. The van der Waals surface area contributed by atoms with E-state index in [1.807, 2.05) is 0 Å². The fourth-order valence-corrected chi connectivity index (χ4v) is 3.59. The molecule has 4 aromatic rings. The summed E-state index contributed by atoms with van der Waals surface area (Å²) >= 11 is 0. The summed E-state index contributed by atoms with van der Waals surface area (Å²) in [6.45, 7) is 0. The van der Waals surface area contributed by atoms with Gasteiger partial charge in [0.25, 0.3) is 11.8 Å². The van der Waals surface area contributed by atoms with E-state index in [4.69, 9.17) is 13.9 Å². The number of ketones is 1. The summed E-state index contributed by atoms with van der Waals surface area (Å²) in [5, 5.41) is 5.46. The lowest BCUT2D eigenvalue weighted by Gasteiger charge is -2.13.